The number of guanidine groups is 1. The monoisotopic (exact) mass is 399 g/mol. The van der Waals surface area contributed by atoms with Crippen molar-refractivity contribution in [3.63, 3.8) is 0 Å². The fourth-order valence-corrected chi connectivity index (χ4v) is 2.47. The number of likely N-dealkylation sites (N-methyl/N-ethyl adjacent to an activating group) is 1. The molecule has 1 saturated heterocycles. The first kappa shape index (κ1) is 24.2. The lowest BCUT2D eigenvalue weighted by molar-refractivity contribution is -0.154. The number of carbonyl (C=O) groups excluding carboxylic acids is 2. The van der Waals surface area contributed by atoms with E-state index in [1.807, 2.05) is 20.8 Å². The van der Waals surface area contributed by atoms with E-state index in [9.17, 15) is 9.59 Å². The summed E-state index contributed by atoms with van der Waals surface area (Å²) in [6.45, 7) is 11.2. The maximum absolute atomic E-state index is 11.8. The van der Waals surface area contributed by atoms with Crippen LogP contribution < -0.4 is 10.6 Å². The third-order valence-corrected chi connectivity index (χ3v) is 3.96. The Labute approximate surface area is 168 Å². The number of esters is 1. The number of ether oxygens (including phenoxy) is 2. The number of rotatable bonds is 9. The van der Waals surface area contributed by atoms with Crippen molar-refractivity contribution >= 4 is 17.8 Å². The molecule has 0 atom stereocenters. The fourth-order valence-electron chi connectivity index (χ4n) is 2.47. The minimum absolute atomic E-state index is 0.0538. The molecule has 28 heavy (non-hydrogen) atoms. The van der Waals surface area contributed by atoms with Gasteiger partial charge in [0.25, 0.3) is 0 Å². The molecular formula is C19H37N5O4. The highest BCUT2D eigenvalue weighted by molar-refractivity contribution is 5.85. The highest BCUT2D eigenvalue weighted by atomic mass is 16.6. The van der Waals surface area contributed by atoms with E-state index in [2.05, 4.69) is 20.5 Å². The summed E-state index contributed by atoms with van der Waals surface area (Å²) in [5, 5.41) is 6.34. The summed E-state index contributed by atoms with van der Waals surface area (Å²) in [5.74, 6) is 0.179. The minimum Gasteiger partial charge on any atom is -0.460 e. The van der Waals surface area contributed by atoms with Crippen molar-refractivity contribution in [2.24, 2.45) is 4.99 Å². The standard InChI is InChI=1S/C19H37N5O4/c1-19(2,3)28-17(26)7-9-21-18(22-15-16(25)23(4)5)20-8-6-10-24-11-13-27-14-12-24/h6-15H2,1-5H3,(H2,20,21,22). The maximum atomic E-state index is 11.8. The number of hydrogen-bond donors (Lipinski definition) is 2. The Morgan fingerprint density at radius 2 is 1.79 bits per heavy atom. The number of carbonyl (C=O) groups is 2. The largest absolute Gasteiger partial charge is 0.460 e. The van der Waals surface area contributed by atoms with E-state index in [4.69, 9.17) is 9.47 Å². The van der Waals surface area contributed by atoms with Crippen molar-refractivity contribution in [2.75, 3.05) is 66.6 Å². The van der Waals surface area contributed by atoms with E-state index >= 15 is 0 Å². The van der Waals surface area contributed by atoms with E-state index in [-0.39, 0.29) is 24.8 Å². The Balaban J connectivity index is 2.41. The Bertz CT molecular complexity index is 511. The van der Waals surface area contributed by atoms with E-state index in [0.717, 1.165) is 45.8 Å². The van der Waals surface area contributed by atoms with Gasteiger partial charge in [-0.1, -0.05) is 0 Å². The van der Waals surface area contributed by atoms with E-state index in [1.165, 1.54) is 4.90 Å². The molecular weight excluding hydrogens is 362 g/mol. The number of nitrogens with one attached hydrogen (secondary N) is 2. The SMILES string of the molecule is CN(C)C(=O)CN=C(NCCCN1CCOCC1)NCCC(=O)OC(C)(C)C. The predicted octanol–water partition coefficient (Wildman–Crippen LogP) is 0.0639. The third kappa shape index (κ3) is 11.8. The summed E-state index contributed by atoms with van der Waals surface area (Å²) in [4.78, 5) is 31.8. The van der Waals surface area contributed by atoms with Crippen molar-refractivity contribution in [3.8, 4) is 0 Å². The van der Waals surface area contributed by atoms with Crippen LogP contribution in [0.1, 0.15) is 33.6 Å². The summed E-state index contributed by atoms with van der Waals surface area (Å²) in [6.07, 6.45) is 1.18. The number of hydrogen-bond acceptors (Lipinski definition) is 6. The van der Waals surface area contributed by atoms with Crippen molar-refractivity contribution in [1.82, 2.24) is 20.4 Å². The van der Waals surface area contributed by atoms with Crippen molar-refractivity contribution in [3.05, 3.63) is 0 Å². The number of nitrogens with zero attached hydrogens (tertiary/aromatic N) is 3. The van der Waals surface area contributed by atoms with Crippen LogP contribution in [0.4, 0.5) is 0 Å². The highest BCUT2D eigenvalue weighted by Gasteiger charge is 2.16. The van der Waals surface area contributed by atoms with Gasteiger partial charge in [0.2, 0.25) is 5.91 Å². The average molecular weight is 400 g/mol. The van der Waals surface area contributed by atoms with Crippen LogP contribution in [0.15, 0.2) is 4.99 Å². The van der Waals surface area contributed by atoms with Crippen LogP contribution in [0.2, 0.25) is 0 Å². The lowest BCUT2D eigenvalue weighted by atomic mass is 10.2. The lowest BCUT2D eigenvalue weighted by Gasteiger charge is -2.26. The molecule has 2 N–H and O–H groups in total. The molecule has 0 saturated carbocycles. The van der Waals surface area contributed by atoms with Gasteiger partial charge in [-0.2, -0.15) is 0 Å². The fraction of sp³-hybridized carbons (Fsp3) is 0.842. The topological polar surface area (TPSA) is 95.5 Å². The second-order valence-electron chi connectivity index (χ2n) is 7.95. The smallest absolute Gasteiger partial charge is 0.308 e. The Morgan fingerprint density at radius 3 is 2.39 bits per heavy atom. The molecule has 1 heterocycles. The molecule has 0 aliphatic carbocycles. The first-order valence-corrected chi connectivity index (χ1v) is 9.91. The molecule has 1 aliphatic rings. The first-order chi connectivity index (χ1) is 13.2. The normalized spacial score (nSPS) is 15.8. The second kappa shape index (κ2) is 12.6. The van der Waals surface area contributed by atoms with Gasteiger partial charge in [-0.05, 0) is 33.7 Å². The van der Waals surface area contributed by atoms with Gasteiger partial charge in [-0.25, -0.2) is 4.99 Å². The number of morpholine rings is 1. The molecule has 9 nitrogen and oxygen atoms in total. The molecule has 0 spiro atoms. The Kier molecular flexibility index (Phi) is 10.8. The molecule has 0 aromatic heterocycles. The van der Waals surface area contributed by atoms with Gasteiger partial charge in [-0.3, -0.25) is 14.5 Å². The number of amides is 1. The minimum atomic E-state index is -0.496. The van der Waals surface area contributed by atoms with E-state index < -0.39 is 5.60 Å². The van der Waals surface area contributed by atoms with Crippen LogP contribution in [0.5, 0.6) is 0 Å². The zero-order valence-corrected chi connectivity index (χ0v) is 18.0. The highest BCUT2D eigenvalue weighted by Crippen LogP contribution is 2.07. The summed E-state index contributed by atoms with van der Waals surface area (Å²) in [5.41, 5.74) is -0.496. The van der Waals surface area contributed by atoms with Crippen LogP contribution >= 0.6 is 0 Å². The summed E-state index contributed by atoms with van der Waals surface area (Å²) < 4.78 is 10.7. The van der Waals surface area contributed by atoms with Crippen molar-refractivity contribution in [1.29, 1.82) is 0 Å². The Hall–Kier alpha value is -1.87. The summed E-state index contributed by atoms with van der Waals surface area (Å²) >= 11 is 0. The predicted molar refractivity (Wildman–Crippen MR) is 109 cm³/mol. The van der Waals surface area contributed by atoms with Crippen molar-refractivity contribution in [2.45, 2.75) is 39.2 Å². The quantitative estimate of drug-likeness (QED) is 0.245. The van der Waals surface area contributed by atoms with Gasteiger partial charge in [0.1, 0.15) is 12.1 Å². The molecule has 1 fully saturated rings. The first-order valence-electron chi connectivity index (χ1n) is 9.91. The number of aliphatic imine (C=N–C) groups is 1. The van der Waals surface area contributed by atoms with Gasteiger partial charge >= 0.3 is 5.97 Å². The molecule has 1 aliphatic heterocycles. The molecule has 9 heteroatoms. The Morgan fingerprint density at radius 1 is 1.14 bits per heavy atom. The molecule has 0 aromatic carbocycles. The van der Waals surface area contributed by atoms with E-state index in [0.29, 0.717) is 12.5 Å². The molecule has 0 radical (unpaired) electrons. The molecule has 1 rings (SSSR count). The van der Waals surface area contributed by atoms with Crippen LogP contribution in [0.25, 0.3) is 0 Å². The van der Waals surface area contributed by atoms with Crippen LogP contribution in [-0.2, 0) is 19.1 Å². The van der Waals surface area contributed by atoms with Crippen molar-refractivity contribution < 1.29 is 19.1 Å². The van der Waals surface area contributed by atoms with Gasteiger partial charge in [0, 0.05) is 40.3 Å². The van der Waals surface area contributed by atoms with Crippen LogP contribution in [-0.4, -0.2) is 99.8 Å². The zero-order chi connectivity index (χ0) is 21.0. The van der Waals surface area contributed by atoms with E-state index in [1.54, 1.807) is 14.1 Å². The van der Waals surface area contributed by atoms with Gasteiger partial charge in [0.05, 0.1) is 19.6 Å². The molecule has 0 bridgehead atoms. The zero-order valence-electron chi connectivity index (χ0n) is 18.0. The van der Waals surface area contributed by atoms with Crippen LogP contribution in [0, 0.1) is 0 Å². The lowest BCUT2D eigenvalue weighted by Crippen LogP contribution is -2.42. The average Bonchev–Trinajstić information content (AvgIpc) is 2.61. The van der Waals surface area contributed by atoms with Gasteiger partial charge in [-0.15, -0.1) is 0 Å². The maximum Gasteiger partial charge on any atom is 0.308 e. The van der Waals surface area contributed by atoms with Crippen LogP contribution in [0.3, 0.4) is 0 Å². The van der Waals surface area contributed by atoms with Gasteiger partial charge < -0.3 is 25.0 Å². The molecule has 0 aromatic rings. The molecule has 0 unspecified atom stereocenters. The van der Waals surface area contributed by atoms with Gasteiger partial charge in [0.15, 0.2) is 5.96 Å². The second-order valence-corrected chi connectivity index (χ2v) is 7.95. The third-order valence-electron chi connectivity index (χ3n) is 3.96. The molecule has 1 amide bonds. The summed E-state index contributed by atoms with van der Waals surface area (Å²) in [6, 6.07) is 0. The molecule has 162 valence electrons. The summed E-state index contributed by atoms with van der Waals surface area (Å²) in [7, 11) is 3.40.